The lowest BCUT2D eigenvalue weighted by molar-refractivity contribution is -0.138. The molecule has 2 aliphatic rings. The highest BCUT2D eigenvalue weighted by atomic mass is 35.5. The lowest BCUT2D eigenvalue weighted by atomic mass is 9.88. The molecule has 0 aromatic heterocycles. The minimum atomic E-state index is -0.359. The molecule has 5 nitrogen and oxygen atoms in total. The molecule has 0 radical (unpaired) electrons. The number of rotatable bonds is 3. The van der Waals surface area contributed by atoms with Gasteiger partial charge in [-0.05, 0) is 43.4 Å². The van der Waals surface area contributed by atoms with Gasteiger partial charge in [0.15, 0.2) is 0 Å². The van der Waals surface area contributed by atoms with E-state index >= 15 is 0 Å². The molecule has 4 atom stereocenters. The Balaban J connectivity index is 0.00000243. The number of halogens is 2. The van der Waals surface area contributed by atoms with Crippen LogP contribution in [0.4, 0.5) is 0 Å². The van der Waals surface area contributed by atoms with Crippen LogP contribution in [0.2, 0.25) is 5.02 Å². The maximum absolute atomic E-state index is 13.2. The van der Waals surface area contributed by atoms with E-state index in [0.29, 0.717) is 17.5 Å². The van der Waals surface area contributed by atoms with Crippen molar-refractivity contribution in [3.8, 4) is 0 Å². The third-order valence-corrected chi connectivity index (χ3v) is 5.84. The Kier molecular flexibility index (Phi) is 6.94. The summed E-state index contributed by atoms with van der Waals surface area (Å²) >= 11 is 6.12. The van der Waals surface area contributed by atoms with E-state index in [1.807, 2.05) is 30.0 Å². The topological polar surface area (TPSA) is 66.6 Å². The highest BCUT2D eigenvalue weighted by Gasteiger charge is 2.44. The van der Waals surface area contributed by atoms with E-state index < -0.39 is 0 Å². The number of hydrogen-bond acceptors (Lipinski definition) is 3. The molecule has 2 N–H and O–H groups in total. The first-order valence-electron chi connectivity index (χ1n) is 8.94. The third-order valence-electron chi connectivity index (χ3n) is 5.61. The van der Waals surface area contributed by atoms with Crippen LogP contribution >= 0.6 is 24.0 Å². The molecule has 2 aliphatic heterocycles. The largest absolute Gasteiger partial charge is 0.342 e. The van der Waals surface area contributed by atoms with Crippen LogP contribution in [-0.2, 0) is 9.59 Å². The molecule has 0 aliphatic carbocycles. The lowest BCUT2D eigenvalue weighted by Gasteiger charge is -2.37. The summed E-state index contributed by atoms with van der Waals surface area (Å²) < 4.78 is 0. The van der Waals surface area contributed by atoms with Crippen molar-refractivity contribution in [2.45, 2.75) is 38.3 Å². The summed E-state index contributed by atoms with van der Waals surface area (Å²) in [5.74, 6) is 0.0389. The highest BCUT2D eigenvalue weighted by Crippen LogP contribution is 2.39. The van der Waals surface area contributed by atoms with Crippen LogP contribution in [0.5, 0.6) is 0 Å². The fourth-order valence-corrected chi connectivity index (χ4v) is 4.31. The minimum absolute atomic E-state index is 0. The molecule has 2 heterocycles. The number of benzene rings is 1. The number of carbonyl (C=O) groups is 2. The van der Waals surface area contributed by atoms with Gasteiger partial charge in [-0.25, -0.2) is 0 Å². The Hall–Kier alpha value is -1.30. The predicted octanol–water partition coefficient (Wildman–Crippen LogP) is 2.87. The quantitative estimate of drug-likeness (QED) is 0.849. The molecule has 0 bridgehead atoms. The Morgan fingerprint density at radius 2 is 2.12 bits per heavy atom. The number of likely N-dealkylation sites (tertiary alicyclic amines) is 2. The van der Waals surface area contributed by atoms with Crippen LogP contribution in [0.15, 0.2) is 24.3 Å². The number of carbonyl (C=O) groups excluding carboxylic acids is 2. The number of piperidine rings is 1. The van der Waals surface area contributed by atoms with Gasteiger partial charge >= 0.3 is 0 Å². The summed E-state index contributed by atoms with van der Waals surface area (Å²) in [6.45, 7) is 3.44. The zero-order valence-electron chi connectivity index (χ0n) is 15.2. The van der Waals surface area contributed by atoms with Crippen LogP contribution in [-0.4, -0.2) is 47.8 Å². The van der Waals surface area contributed by atoms with Crippen molar-refractivity contribution in [2.24, 2.45) is 17.6 Å². The molecule has 3 rings (SSSR count). The zero-order chi connectivity index (χ0) is 18.1. The maximum Gasteiger partial charge on any atom is 0.228 e. The number of nitrogens with two attached hydrogens (primary N) is 1. The summed E-state index contributed by atoms with van der Waals surface area (Å²) in [7, 11) is 1.77. The van der Waals surface area contributed by atoms with Crippen molar-refractivity contribution in [2.75, 3.05) is 20.1 Å². The third kappa shape index (κ3) is 4.16. The van der Waals surface area contributed by atoms with Crippen molar-refractivity contribution in [1.82, 2.24) is 9.80 Å². The molecule has 26 heavy (non-hydrogen) atoms. The average Bonchev–Trinajstić information content (AvgIpc) is 2.89. The van der Waals surface area contributed by atoms with Gasteiger partial charge in [-0.1, -0.05) is 23.7 Å². The lowest BCUT2D eigenvalue weighted by Crippen LogP contribution is -2.47. The van der Waals surface area contributed by atoms with Gasteiger partial charge in [-0.3, -0.25) is 9.59 Å². The van der Waals surface area contributed by atoms with E-state index in [1.165, 1.54) is 0 Å². The molecule has 0 saturated carbocycles. The summed E-state index contributed by atoms with van der Waals surface area (Å²) in [4.78, 5) is 29.1. The smallest absolute Gasteiger partial charge is 0.228 e. The van der Waals surface area contributed by atoms with E-state index in [0.717, 1.165) is 24.9 Å². The zero-order valence-corrected chi connectivity index (χ0v) is 16.8. The standard InChI is InChI=1S/C19H26ClN3O2.ClH/c1-12(21)14-6-4-8-23(11-14)19(25)16-10-17(24)22(2)18(16)13-5-3-7-15(20)9-13;/h3,5,7,9,12,14,16,18H,4,6,8,10-11,21H2,1-2H3;1H. The van der Waals surface area contributed by atoms with E-state index in [9.17, 15) is 9.59 Å². The Labute approximate surface area is 166 Å². The first-order valence-corrected chi connectivity index (χ1v) is 9.31. The number of amides is 2. The first-order chi connectivity index (χ1) is 11.9. The van der Waals surface area contributed by atoms with Crippen molar-refractivity contribution in [3.05, 3.63) is 34.9 Å². The van der Waals surface area contributed by atoms with Crippen LogP contribution in [0, 0.1) is 11.8 Å². The number of nitrogens with zero attached hydrogens (tertiary/aromatic N) is 2. The van der Waals surface area contributed by atoms with E-state index in [-0.39, 0.29) is 48.6 Å². The summed E-state index contributed by atoms with van der Waals surface area (Å²) in [5, 5.41) is 0.617. The van der Waals surface area contributed by atoms with Crippen molar-refractivity contribution in [1.29, 1.82) is 0 Å². The Morgan fingerprint density at radius 1 is 1.38 bits per heavy atom. The van der Waals surface area contributed by atoms with E-state index in [4.69, 9.17) is 17.3 Å². The SMILES string of the molecule is CC(N)C1CCCN(C(=O)C2CC(=O)N(C)C2c2cccc(Cl)c2)C1.Cl. The van der Waals surface area contributed by atoms with Gasteiger partial charge in [0, 0.05) is 37.6 Å². The van der Waals surface area contributed by atoms with Gasteiger partial charge in [0.25, 0.3) is 0 Å². The molecule has 2 saturated heterocycles. The second kappa shape index (κ2) is 8.59. The number of hydrogen-bond donors (Lipinski definition) is 1. The molecule has 2 fully saturated rings. The molecule has 144 valence electrons. The van der Waals surface area contributed by atoms with Gasteiger partial charge in [-0.15, -0.1) is 12.4 Å². The van der Waals surface area contributed by atoms with Gasteiger partial charge in [0.05, 0.1) is 12.0 Å². The molecule has 0 spiro atoms. The normalized spacial score (nSPS) is 27.2. The summed E-state index contributed by atoms with van der Waals surface area (Å²) in [6, 6.07) is 7.27. The Morgan fingerprint density at radius 3 is 2.77 bits per heavy atom. The fourth-order valence-electron chi connectivity index (χ4n) is 4.11. The molecule has 4 unspecified atom stereocenters. The molecular weight excluding hydrogens is 373 g/mol. The second-order valence-corrected chi connectivity index (χ2v) is 7.80. The molecular formula is C19H27Cl2N3O2. The van der Waals surface area contributed by atoms with Crippen LogP contribution in [0.25, 0.3) is 0 Å². The maximum atomic E-state index is 13.2. The molecule has 1 aromatic carbocycles. The fraction of sp³-hybridized carbons (Fsp3) is 0.579. The van der Waals surface area contributed by atoms with Gasteiger partial charge in [0.2, 0.25) is 11.8 Å². The van der Waals surface area contributed by atoms with Crippen molar-refractivity contribution in [3.63, 3.8) is 0 Å². The molecule has 2 amide bonds. The van der Waals surface area contributed by atoms with E-state index in [1.54, 1.807) is 18.0 Å². The van der Waals surface area contributed by atoms with Crippen molar-refractivity contribution < 1.29 is 9.59 Å². The Bertz CT molecular complexity index is 668. The van der Waals surface area contributed by atoms with Crippen molar-refractivity contribution >= 4 is 35.8 Å². The second-order valence-electron chi connectivity index (χ2n) is 7.36. The summed E-state index contributed by atoms with van der Waals surface area (Å²) in [5.41, 5.74) is 6.96. The predicted molar refractivity (Wildman–Crippen MR) is 105 cm³/mol. The van der Waals surface area contributed by atoms with Crippen LogP contribution in [0.3, 0.4) is 0 Å². The van der Waals surface area contributed by atoms with E-state index in [2.05, 4.69) is 0 Å². The summed E-state index contributed by atoms with van der Waals surface area (Å²) in [6.07, 6.45) is 2.28. The van der Waals surface area contributed by atoms with Crippen LogP contribution < -0.4 is 5.73 Å². The van der Waals surface area contributed by atoms with Gasteiger partial charge in [0.1, 0.15) is 0 Å². The van der Waals surface area contributed by atoms with Gasteiger partial charge in [-0.2, -0.15) is 0 Å². The first kappa shape index (κ1) is 21.0. The minimum Gasteiger partial charge on any atom is -0.342 e. The average molecular weight is 400 g/mol. The highest BCUT2D eigenvalue weighted by molar-refractivity contribution is 6.30. The molecule has 1 aromatic rings. The van der Waals surface area contributed by atoms with Gasteiger partial charge < -0.3 is 15.5 Å². The monoisotopic (exact) mass is 399 g/mol. The van der Waals surface area contributed by atoms with Crippen LogP contribution in [0.1, 0.15) is 37.8 Å². The molecule has 7 heteroatoms.